The summed E-state index contributed by atoms with van der Waals surface area (Å²) >= 11 is 2.00. The molecule has 2 bridgehead atoms. The van der Waals surface area contributed by atoms with Crippen molar-refractivity contribution in [3.05, 3.63) is 35.9 Å². The molecule has 0 radical (unpaired) electrons. The van der Waals surface area contributed by atoms with Gasteiger partial charge in [0.15, 0.2) is 0 Å². The molecule has 5 unspecified atom stereocenters. The maximum atomic E-state index is 11.1. The third-order valence-corrected chi connectivity index (χ3v) is 6.88. The van der Waals surface area contributed by atoms with Crippen molar-refractivity contribution in [2.45, 2.75) is 63.1 Å². The molecule has 0 spiro atoms. The van der Waals surface area contributed by atoms with E-state index in [1.165, 1.54) is 12.0 Å². The predicted octanol–water partition coefficient (Wildman–Crippen LogP) is 3.79. The van der Waals surface area contributed by atoms with E-state index in [4.69, 9.17) is 14.7 Å². The summed E-state index contributed by atoms with van der Waals surface area (Å²) in [6.45, 7) is 2.80. The molecule has 1 aromatic carbocycles. The number of fused-ring (bicyclic) bond motifs is 2. The molecule has 2 aliphatic heterocycles. The number of rotatable bonds is 11. The summed E-state index contributed by atoms with van der Waals surface area (Å²) in [5.74, 6) is 2.89. The second-order valence-corrected chi connectivity index (χ2v) is 8.72. The Hall–Kier alpha value is -1.08. The zero-order valence-electron chi connectivity index (χ0n) is 16.0. The van der Waals surface area contributed by atoms with E-state index >= 15 is 0 Å². The first-order chi connectivity index (χ1) is 13.2. The van der Waals surface area contributed by atoms with E-state index in [1.54, 1.807) is 5.48 Å². The number of carbonyl (C=O) groups is 1. The van der Waals surface area contributed by atoms with E-state index in [0.717, 1.165) is 37.4 Å². The summed E-state index contributed by atoms with van der Waals surface area (Å²) in [6, 6.07) is 10.6. The van der Waals surface area contributed by atoms with Gasteiger partial charge in [-0.25, -0.2) is 5.48 Å². The average molecular weight is 394 g/mol. The maximum absolute atomic E-state index is 11.1. The summed E-state index contributed by atoms with van der Waals surface area (Å²) in [4.78, 5) is 11.1. The monoisotopic (exact) mass is 393 g/mol. The van der Waals surface area contributed by atoms with Crippen molar-refractivity contribution < 1.29 is 19.5 Å². The molecule has 5 nitrogen and oxygen atoms in total. The fourth-order valence-corrected chi connectivity index (χ4v) is 5.46. The van der Waals surface area contributed by atoms with Crippen molar-refractivity contribution in [2.75, 3.05) is 12.4 Å². The highest BCUT2D eigenvalue weighted by molar-refractivity contribution is 7.98. The van der Waals surface area contributed by atoms with Crippen molar-refractivity contribution in [1.29, 1.82) is 0 Å². The molecule has 3 rings (SSSR count). The fourth-order valence-electron chi connectivity index (χ4n) is 4.18. The van der Waals surface area contributed by atoms with Crippen LogP contribution in [0.2, 0.25) is 0 Å². The second-order valence-electron chi connectivity index (χ2n) is 7.69. The largest absolute Gasteiger partial charge is 0.378 e. The zero-order valence-corrected chi connectivity index (χ0v) is 16.8. The van der Waals surface area contributed by atoms with Crippen molar-refractivity contribution in [3.8, 4) is 0 Å². The molecular formula is C21H31NO4S. The SMILES string of the molecule is CC(CCCC(=O)NO)OCC1C2CCC(O2)C1CSCc1ccccc1. The third-order valence-electron chi connectivity index (χ3n) is 5.72. The Labute approximate surface area is 166 Å². The van der Waals surface area contributed by atoms with Crippen LogP contribution in [0.25, 0.3) is 0 Å². The number of thioether (sulfide) groups is 1. The summed E-state index contributed by atoms with van der Waals surface area (Å²) in [5.41, 5.74) is 3.05. The number of hydrogen-bond acceptors (Lipinski definition) is 5. The summed E-state index contributed by atoms with van der Waals surface area (Å²) in [7, 11) is 0. The standard InChI is InChI=1S/C21H31NO4S/c1-15(6-5-9-21(23)22-24)25-12-17-18(20-11-10-19(17)26-20)14-27-13-16-7-3-2-4-8-16/h2-4,7-8,15,17-20,24H,5-6,9-14H2,1H3,(H,22,23). The van der Waals surface area contributed by atoms with Gasteiger partial charge in [0.1, 0.15) is 0 Å². The van der Waals surface area contributed by atoms with Crippen molar-refractivity contribution >= 4 is 17.7 Å². The highest BCUT2D eigenvalue weighted by atomic mass is 32.2. The number of ether oxygens (including phenoxy) is 2. The molecule has 2 N–H and O–H groups in total. The third kappa shape index (κ3) is 5.95. The Morgan fingerprint density at radius 1 is 1.30 bits per heavy atom. The first kappa shape index (κ1) is 20.6. The Morgan fingerprint density at radius 3 is 2.78 bits per heavy atom. The van der Waals surface area contributed by atoms with Gasteiger partial charge in [-0.2, -0.15) is 11.8 Å². The van der Waals surface area contributed by atoms with Crippen LogP contribution < -0.4 is 5.48 Å². The molecule has 27 heavy (non-hydrogen) atoms. The molecule has 0 saturated carbocycles. The lowest BCUT2D eigenvalue weighted by atomic mass is 9.81. The van der Waals surface area contributed by atoms with Crippen LogP contribution in [0, 0.1) is 11.8 Å². The van der Waals surface area contributed by atoms with Crippen LogP contribution in [0.5, 0.6) is 0 Å². The fraction of sp³-hybridized carbons (Fsp3) is 0.667. The highest BCUT2D eigenvalue weighted by Gasteiger charge is 2.48. The van der Waals surface area contributed by atoms with E-state index in [9.17, 15) is 4.79 Å². The molecule has 150 valence electrons. The number of amides is 1. The van der Waals surface area contributed by atoms with Gasteiger partial charge in [0.05, 0.1) is 24.9 Å². The number of benzene rings is 1. The van der Waals surface area contributed by atoms with E-state index < -0.39 is 0 Å². The van der Waals surface area contributed by atoms with Crippen LogP contribution in [0.1, 0.15) is 44.6 Å². The molecule has 0 aliphatic carbocycles. The molecule has 0 aromatic heterocycles. The topological polar surface area (TPSA) is 67.8 Å². The van der Waals surface area contributed by atoms with E-state index in [2.05, 4.69) is 37.3 Å². The van der Waals surface area contributed by atoms with Gasteiger partial charge >= 0.3 is 0 Å². The van der Waals surface area contributed by atoms with Crippen LogP contribution in [-0.4, -0.2) is 41.8 Å². The zero-order chi connectivity index (χ0) is 19.1. The highest BCUT2D eigenvalue weighted by Crippen LogP contribution is 2.45. The van der Waals surface area contributed by atoms with Gasteiger partial charge < -0.3 is 9.47 Å². The van der Waals surface area contributed by atoms with Crippen molar-refractivity contribution in [3.63, 3.8) is 0 Å². The molecule has 2 heterocycles. The Balaban J connectivity index is 1.40. The minimum Gasteiger partial charge on any atom is -0.378 e. The predicted molar refractivity (Wildman–Crippen MR) is 107 cm³/mol. The van der Waals surface area contributed by atoms with Crippen LogP contribution in [0.15, 0.2) is 30.3 Å². The number of hydroxylamine groups is 1. The van der Waals surface area contributed by atoms with Crippen LogP contribution in [-0.2, 0) is 20.0 Å². The first-order valence-electron chi connectivity index (χ1n) is 9.99. The minimum atomic E-state index is -0.334. The van der Waals surface area contributed by atoms with Gasteiger partial charge in [-0.3, -0.25) is 10.0 Å². The first-order valence-corrected chi connectivity index (χ1v) is 11.1. The summed E-state index contributed by atoms with van der Waals surface area (Å²) in [5, 5.41) is 8.53. The smallest absolute Gasteiger partial charge is 0.243 e. The van der Waals surface area contributed by atoms with Crippen LogP contribution in [0.3, 0.4) is 0 Å². The maximum Gasteiger partial charge on any atom is 0.243 e. The van der Waals surface area contributed by atoms with Gasteiger partial charge in [-0.15, -0.1) is 0 Å². The van der Waals surface area contributed by atoms with E-state index in [0.29, 0.717) is 30.5 Å². The number of nitrogens with one attached hydrogen (secondary N) is 1. The Bertz CT molecular complexity index is 585. The lowest BCUT2D eigenvalue weighted by Crippen LogP contribution is -2.33. The van der Waals surface area contributed by atoms with Crippen LogP contribution in [0.4, 0.5) is 0 Å². The lowest BCUT2D eigenvalue weighted by molar-refractivity contribution is -0.129. The van der Waals surface area contributed by atoms with Gasteiger partial charge in [0.2, 0.25) is 5.91 Å². The number of hydrogen-bond donors (Lipinski definition) is 2. The van der Waals surface area contributed by atoms with Gasteiger partial charge in [-0.05, 0) is 43.9 Å². The Morgan fingerprint density at radius 2 is 2.04 bits per heavy atom. The van der Waals surface area contributed by atoms with Gasteiger partial charge in [0.25, 0.3) is 0 Å². The van der Waals surface area contributed by atoms with Gasteiger partial charge in [-0.1, -0.05) is 30.3 Å². The average Bonchev–Trinajstić information content (AvgIpc) is 3.29. The molecule has 2 saturated heterocycles. The van der Waals surface area contributed by atoms with E-state index in [-0.39, 0.29) is 12.0 Å². The quantitative estimate of drug-likeness (QED) is 0.442. The minimum absolute atomic E-state index is 0.119. The molecule has 1 aromatic rings. The molecule has 2 fully saturated rings. The van der Waals surface area contributed by atoms with Crippen LogP contribution >= 0.6 is 11.8 Å². The molecule has 2 aliphatic rings. The van der Waals surface area contributed by atoms with E-state index in [1.807, 2.05) is 11.8 Å². The molecule has 1 amide bonds. The lowest BCUT2D eigenvalue weighted by Gasteiger charge is -2.28. The Kier molecular flexibility index (Phi) is 8.00. The summed E-state index contributed by atoms with van der Waals surface area (Å²) < 4.78 is 12.3. The number of carbonyl (C=O) groups excluding carboxylic acids is 1. The second kappa shape index (κ2) is 10.5. The summed E-state index contributed by atoms with van der Waals surface area (Å²) in [6.07, 6.45) is 5.08. The van der Waals surface area contributed by atoms with Crippen molar-refractivity contribution in [2.24, 2.45) is 11.8 Å². The normalized spacial score (nSPS) is 27.6. The van der Waals surface area contributed by atoms with Gasteiger partial charge in [0, 0.05) is 24.0 Å². The molecule has 6 heteroatoms. The molecular weight excluding hydrogens is 362 g/mol. The van der Waals surface area contributed by atoms with Crippen molar-refractivity contribution in [1.82, 2.24) is 5.48 Å². The molecule has 5 atom stereocenters.